The number of carbonyl (C=O) groups excluding carboxylic acids is 3. The van der Waals surface area contributed by atoms with Gasteiger partial charge in [0, 0.05) is 24.7 Å². The highest BCUT2D eigenvalue weighted by Crippen LogP contribution is 2.19. The van der Waals surface area contributed by atoms with E-state index in [4.69, 9.17) is 11.5 Å². The molecule has 0 spiro atoms. The zero-order chi connectivity index (χ0) is 20.5. The summed E-state index contributed by atoms with van der Waals surface area (Å²) < 4.78 is 0. The number of aromatic amines is 1. The van der Waals surface area contributed by atoms with Crippen molar-refractivity contribution in [1.82, 2.24) is 15.6 Å². The van der Waals surface area contributed by atoms with Crippen molar-refractivity contribution in [3.8, 4) is 0 Å². The van der Waals surface area contributed by atoms with E-state index in [2.05, 4.69) is 22.2 Å². The van der Waals surface area contributed by atoms with Gasteiger partial charge in [-0.1, -0.05) is 18.7 Å². The Labute approximate surface area is 163 Å². The summed E-state index contributed by atoms with van der Waals surface area (Å²) in [6, 6.07) is 7.25. The highest BCUT2D eigenvalue weighted by molar-refractivity contribution is 6.01. The lowest BCUT2D eigenvalue weighted by Gasteiger charge is -2.08. The van der Waals surface area contributed by atoms with Crippen LogP contribution in [0.15, 0.2) is 42.9 Å². The van der Waals surface area contributed by atoms with Gasteiger partial charge >= 0.3 is 0 Å². The van der Waals surface area contributed by atoms with Gasteiger partial charge in [-0.2, -0.15) is 0 Å². The highest BCUT2D eigenvalue weighted by Gasteiger charge is 2.17. The summed E-state index contributed by atoms with van der Waals surface area (Å²) in [4.78, 5) is 37.4. The Morgan fingerprint density at radius 2 is 1.86 bits per heavy atom. The van der Waals surface area contributed by atoms with Crippen LogP contribution >= 0.6 is 0 Å². The minimum absolute atomic E-state index is 0.0524. The molecule has 0 aliphatic heterocycles. The Hall–Kier alpha value is -3.55. The van der Waals surface area contributed by atoms with Gasteiger partial charge in [0.15, 0.2) is 0 Å². The minimum Gasteiger partial charge on any atom is -0.386 e. The number of nitrogen functional groups attached to an aromatic ring is 1. The standard InChI is InChI=1S/C20H25N5O3/c1-13(21)25-20(28)17-16(12-24-18(17)22)9-6-14-4-7-15(8-5-14)19(27)23-10-2-3-11-26/h4-5,7-8,11-12,24H,1-3,6,9-10,21-22H2,(H,23,27)(H,25,28). The number of benzene rings is 1. The Balaban J connectivity index is 1.95. The molecule has 7 N–H and O–H groups in total. The fourth-order valence-corrected chi connectivity index (χ4v) is 2.75. The Bertz CT molecular complexity index is 855. The Morgan fingerprint density at radius 3 is 2.50 bits per heavy atom. The highest BCUT2D eigenvalue weighted by atomic mass is 16.2. The minimum atomic E-state index is -0.400. The number of hydrogen-bond donors (Lipinski definition) is 5. The average molecular weight is 383 g/mol. The van der Waals surface area contributed by atoms with Crippen LogP contribution in [0.1, 0.15) is 44.7 Å². The van der Waals surface area contributed by atoms with Crippen LogP contribution in [-0.4, -0.2) is 29.6 Å². The van der Waals surface area contributed by atoms with Gasteiger partial charge in [0.25, 0.3) is 11.8 Å². The summed E-state index contributed by atoms with van der Waals surface area (Å²) in [6.45, 7) is 3.92. The summed E-state index contributed by atoms with van der Waals surface area (Å²) in [5.41, 5.74) is 14.0. The van der Waals surface area contributed by atoms with Gasteiger partial charge in [-0.05, 0) is 42.5 Å². The van der Waals surface area contributed by atoms with Crippen LogP contribution in [0.4, 0.5) is 5.82 Å². The van der Waals surface area contributed by atoms with Gasteiger partial charge in [-0.3, -0.25) is 9.59 Å². The molecule has 0 saturated heterocycles. The molecule has 1 aromatic carbocycles. The van der Waals surface area contributed by atoms with E-state index in [1.165, 1.54) is 0 Å². The van der Waals surface area contributed by atoms with E-state index >= 15 is 0 Å². The molecule has 28 heavy (non-hydrogen) atoms. The van der Waals surface area contributed by atoms with Crippen LogP contribution in [0.2, 0.25) is 0 Å². The monoisotopic (exact) mass is 383 g/mol. The molecule has 0 fully saturated rings. The fraction of sp³-hybridized carbons (Fsp3) is 0.250. The van der Waals surface area contributed by atoms with Crippen LogP contribution < -0.4 is 22.1 Å². The van der Waals surface area contributed by atoms with Gasteiger partial charge in [-0.25, -0.2) is 0 Å². The van der Waals surface area contributed by atoms with E-state index < -0.39 is 5.91 Å². The normalized spacial score (nSPS) is 10.3. The first kappa shape index (κ1) is 20.8. The predicted octanol–water partition coefficient (Wildman–Crippen LogP) is 1.25. The number of amides is 2. The molecule has 0 unspecified atom stereocenters. The second-order valence-corrected chi connectivity index (χ2v) is 6.34. The third kappa shape index (κ3) is 5.73. The third-order valence-corrected chi connectivity index (χ3v) is 4.18. The summed E-state index contributed by atoms with van der Waals surface area (Å²) in [5.74, 6) is -0.244. The number of aryl methyl sites for hydroxylation is 2. The number of nitrogens with one attached hydrogen (secondary N) is 3. The third-order valence-electron chi connectivity index (χ3n) is 4.18. The molecule has 0 bridgehead atoms. The van der Waals surface area contributed by atoms with Crippen molar-refractivity contribution >= 4 is 23.9 Å². The van der Waals surface area contributed by atoms with Crippen LogP contribution in [0.3, 0.4) is 0 Å². The molecule has 8 heteroatoms. The molecular formula is C20H25N5O3. The molecule has 2 amide bonds. The Kier molecular flexibility index (Phi) is 7.38. The van der Waals surface area contributed by atoms with Crippen LogP contribution in [0, 0.1) is 0 Å². The van der Waals surface area contributed by atoms with Crippen molar-refractivity contribution in [1.29, 1.82) is 0 Å². The number of nitrogens with two attached hydrogens (primary N) is 2. The van der Waals surface area contributed by atoms with Gasteiger partial charge in [0.1, 0.15) is 12.1 Å². The lowest BCUT2D eigenvalue weighted by molar-refractivity contribution is -0.107. The van der Waals surface area contributed by atoms with Crippen LogP contribution in [-0.2, 0) is 17.6 Å². The summed E-state index contributed by atoms with van der Waals surface area (Å²) >= 11 is 0. The second-order valence-electron chi connectivity index (χ2n) is 6.34. The van der Waals surface area contributed by atoms with Gasteiger partial charge in [0.2, 0.25) is 0 Å². The van der Waals surface area contributed by atoms with E-state index in [1.54, 1.807) is 18.3 Å². The van der Waals surface area contributed by atoms with Crippen molar-refractivity contribution in [3.63, 3.8) is 0 Å². The van der Waals surface area contributed by atoms with Crippen molar-refractivity contribution in [2.75, 3.05) is 12.3 Å². The number of unbranched alkanes of at least 4 members (excludes halogenated alkanes) is 1. The number of anilines is 1. The number of rotatable bonds is 10. The molecule has 2 aromatic rings. The molecule has 0 saturated carbocycles. The zero-order valence-corrected chi connectivity index (χ0v) is 15.6. The number of hydrogen-bond acceptors (Lipinski definition) is 5. The first-order chi connectivity index (χ1) is 13.4. The van der Waals surface area contributed by atoms with Crippen LogP contribution in [0.5, 0.6) is 0 Å². The topological polar surface area (TPSA) is 143 Å². The molecule has 2 rings (SSSR count). The zero-order valence-electron chi connectivity index (χ0n) is 15.6. The average Bonchev–Trinajstić information content (AvgIpc) is 3.04. The number of carbonyl (C=O) groups is 3. The number of aromatic nitrogens is 1. The van der Waals surface area contributed by atoms with Crippen molar-refractivity contribution in [2.45, 2.75) is 25.7 Å². The number of H-pyrrole nitrogens is 1. The molecule has 8 nitrogen and oxygen atoms in total. The second kappa shape index (κ2) is 9.96. The smallest absolute Gasteiger partial charge is 0.260 e. The molecule has 148 valence electrons. The van der Waals surface area contributed by atoms with E-state index in [1.807, 2.05) is 12.1 Å². The molecule has 0 radical (unpaired) electrons. The van der Waals surface area contributed by atoms with E-state index in [-0.39, 0.29) is 17.5 Å². The Morgan fingerprint density at radius 1 is 1.14 bits per heavy atom. The first-order valence-electron chi connectivity index (χ1n) is 8.94. The SMILES string of the molecule is C=C(N)NC(=O)c1c(CCc2ccc(C(=O)NCCCC=O)cc2)c[nH]c1N. The summed E-state index contributed by atoms with van der Waals surface area (Å²) in [7, 11) is 0. The van der Waals surface area contributed by atoms with Gasteiger partial charge < -0.3 is 31.9 Å². The maximum Gasteiger partial charge on any atom is 0.260 e. The summed E-state index contributed by atoms with van der Waals surface area (Å²) in [6.07, 6.45) is 4.85. The first-order valence-corrected chi connectivity index (χ1v) is 8.94. The predicted molar refractivity (Wildman–Crippen MR) is 107 cm³/mol. The number of aldehydes is 1. The lowest BCUT2D eigenvalue weighted by atomic mass is 10.0. The maximum absolute atomic E-state index is 12.2. The largest absolute Gasteiger partial charge is 0.386 e. The van der Waals surface area contributed by atoms with E-state index in [0.29, 0.717) is 43.4 Å². The van der Waals surface area contributed by atoms with Crippen molar-refractivity contribution < 1.29 is 14.4 Å². The van der Waals surface area contributed by atoms with Gasteiger partial charge in [-0.15, -0.1) is 0 Å². The van der Waals surface area contributed by atoms with Crippen LogP contribution in [0.25, 0.3) is 0 Å². The molecule has 1 aromatic heterocycles. The van der Waals surface area contributed by atoms with E-state index in [9.17, 15) is 14.4 Å². The van der Waals surface area contributed by atoms with Gasteiger partial charge in [0.05, 0.1) is 11.4 Å². The van der Waals surface area contributed by atoms with Crippen molar-refractivity contribution in [3.05, 3.63) is 65.1 Å². The van der Waals surface area contributed by atoms with Crippen molar-refractivity contribution in [2.24, 2.45) is 5.73 Å². The van der Waals surface area contributed by atoms with E-state index in [0.717, 1.165) is 17.4 Å². The maximum atomic E-state index is 12.2. The quantitative estimate of drug-likeness (QED) is 0.310. The molecule has 0 atom stereocenters. The molecular weight excluding hydrogens is 358 g/mol. The summed E-state index contributed by atoms with van der Waals surface area (Å²) in [5, 5.41) is 5.22. The fourth-order valence-electron chi connectivity index (χ4n) is 2.75. The molecule has 0 aliphatic rings. The lowest BCUT2D eigenvalue weighted by Crippen LogP contribution is -2.27. The molecule has 0 aliphatic carbocycles. The molecule has 1 heterocycles.